The molecule has 8 heteroatoms. The molecule has 2 aromatic rings. The second-order valence-corrected chi connectivity index (χ2v) is 9.48. The highest BCUT2D eigenvalue weighted by Crippen LogP contribution is 2.39. The van der Waals surface area contributed by atoms with Gasteiger partial charge < -0.3 is 9.47 Å². The molecule has 0 bridgehead atoms. The maximum Gasteiger partial charge on any atom is 0.324 e. The van der Waals surface area contributed by atoms with E-state index >= 15 is 0 Å². The van der Waals surface area contributed by atoms with Crippen molar-refractivity contribution in [3.05, 3.63) is 52.5 Å². The number of rotatable bonds is 4. The van der Waals surface area contributed by atoms with E-state index in [1.165, 1.54) is 17.5 Å². The summed E-state index contributed by atoms with van der Waals surface area (Å²) in [5.74, 6) is -0.0435. The summed E-state index contributed by atoms with van der Waals surface area (Å²) < 4.78 is 40.0. The molecule has 3 rings (SSSR count). The Morgan fingerprint density at radius 1 is 1.25 bits per heavy atom. The summed E-state index contributed by atoms with van der Waals surface area (Å²) in [5, 5.41) is 0. The van der Waals surface area contributed by atoms with E-state index in [1.54, 1.807) is 24.3 Å². The first-order valence-electron chi connectivity index (χ1n) is 8.94. The Balaban J connectivity index is 2.26. The number of ether oxygens (including phenoxy) is 2. The lowest BCUT2D eigenvalue weighted by Crippen LogP contribution is -2.49. The largest absolute Gasteiger partial charge is 0.468 e. The monoisotopic (exact) mass is 467 g/mol. The first kappa shape index (κ1) is 20.8. The molecule has 0 aliphatic carbocycles. The molecule has 0 fully saturated rings. The Morgan fingerprint density at radius 3 is 2.64 bits per heavy atom. The molecule has 0 saturated heterocycles. The van der Waals surface area contributed by atoms with Crippen LogP contribution in [-0.4, -0.2) is 31.8 Å². The van der Waals surface area contributed by atoms with E-state index < -0.39 is 22.0 Å². The molecule has 2 atom stereocenters. The van der Waals surface area contributed by atoms with Gasteiger partial charge in [-0.15, -0.1) is 0 Å². The van der Waals surface area contributed by atoms with E-state index in [0.29, 0.717) is 22.2 Å². The predicted molar refractivity (Wildman–Crippen MR) is 109 cm³/mol. The van der Waals surface area contributed by atoms with Crippen molar-refractivity contribution < 1.29 is 22.7 Å². The Hall–Kier alpha value is -1.90. The van der Waals surface area contributed by atoms with Crippen molar-refractivity contribution in [2.24, 2.45) is 5.92 Å². The third kappa shape index (κ3) is 3.81. The zero-order chi connectivity index (χ0) is 20.5. The lowest BCUT2D eigenvalue weighted by molar-refractivity contribution is -0.147. The van der Waals surface area contributed by atoms with E-state index in [4.69, 9.17) is 9.47 Å². The molecule has 0 aromatic heterocycles. The van der Waals surface area contributed by atoms with Gasteiger partial charge in [-0.25, -0.2) is 8.42 Å². The lowest BCUT2D eigenvalue weighted by Gasteiger charge is -2.34. The van der Waals surface area contributed by atoms with Crippen LogP contribution in [0.3, 0.4) is 0 Å². The summed E-state index contributed by atoms with van der Waals surface area (Å²) in [6.45, 7) is 3.78. The van der Waals surface area contributed by atoms with Crippen molar-refractivity contribution in [1.82, 2.24) is 4.31 Å². The molecular weight excluding hydrogens is 446 g/mol. The number of carbonyl (C=O) groups excluding carboxylic acids is 1. The molecule has 2 aromatic carbocycles. The quantitative estimate of drug-likeness (QED) is 0.625. The van der Waals surface area contributed by atoms with Crippen molar-refractivity contribution in [2.45, 2.75) is 37.8 Å². The van der Waals surface area contributed by atoms with Crippen LogP contribution in [-0.2, 0) is 26.1 Å². The van der Waals surface area contributed by atoms with Crippen molar-refractivity contribution in [1.29, 1.82) is 0 Å². The minimum atomic E-state index is -4.02. The lowest BCUT2D eigenvalue weighted by atomic mass is 9.99. The molecule has 0 unspecified atom stereocenters. The molecular formula is C20H22BrNO5S. The highest BCUT2D eigenvalue weighted by molar-refractivity contribution is 9.10. The van der Waals surface area contributed by atoms with E-state index in [-0.39, 0.29) is 23.1 Å². The van der Waals surface area contributed by atoms with Gasteiger partial charge in [-0.1, -0.05) is 54.4 Å². The van der Waals surface area contributed by atoms with Gasteiger partial charge in [-0.05, 0) is 30.2 Å². The highest BCUT2D eigenvalue weighted by atomic mass is 79.9. The van der Waals surface area contributed by atoms with Gasteiger partial charge in [0.2, 0.25) is 10.0 Å². The topological polar surface area (TPSA) is 72.9 Å². The van der Waals surface area contributed by atoms with Crippen molar-refractivity contribution in [3.8, 4) is 11.5 Å². The molecule has 1 aliphatic rings. The molecule has 28 heavy (non-hydrogen) atoms. The van der Waals surface area contributed by atoms with Gasteiger partial charge in [-0.2, -0.15) is 4.31 Å². The molecule has 0 amide bonds. The zero-order valence-electron chi connectivity index (χ0n) is 15.9. The van der Waals surface area contributed by atoms with Crippen LogP contribution in [0, 0.1) is 5.92 Å². The Labute approximate surface area is 173 Å². The standard InChI is InChI=1S/C20H22BrNO5S/c1-4-13(2)19(20(23)26-3)22-12-14-7-5-6-8-16(14)27-17-11-15(21)9-10-18(17)28(22,24)25/h5-11,13,19H,4,12H2,1-3H3/t13-,19-/m0/s1. The van der Waals surface area contributed by atoms with Crippen LogP contribution in [0.1, 0.15) is 25.8 Å². The van der Waals surface area contributed by atoms with Crippen LogP contribution >= 0.6 is 15.9 Å². The molecule has 0 radical (unpaired) electrons. The maximum absolute atomic E-state index is 13.6. The summed E-state index contributed by atoms with van der Waals surface area (Å²) >= 11 is 3.36. The second kappa shape index (κ2) is 8.23. The summed E-state index contributed by atoms with van der Waals surface area (Å²) in [6.07, 6.45) is 0.622. The predicted octanol–water partition coefficient (Wildman–Crippen LogP) is 4.33. The van der Waals surface area contributed by atoms with E-state index in [2.05, 4.69) is 15.9 Å². The fourth-order valence-corrected chi connectivity index (χ4v) is 5.32. The molecule has 6 nitrogen and oxygen atoms in total. The van der Waals surface area contributed by atoms with Crippen LogP contribution in [0.25, 0.3) is 0 Å². The second-order valence-electron chi connectivity index (χ2n) is 6.70. The number of nitrogens with zero attached hydrogens (tertiary/aromatic N) is 1. The summed E-state index contributed by atoms with van der Waals surface area (Å²) in [6, 6.07) is 11.0. The van der Waals surface area contributed by atoms with Gasteiger partial charge in [-0.3, -0.25) is 4.79 Å². The fourth-order valence-electron chi connectivity index (χ4n) is 3.23. The highest BCUT2D eigenvalue weighted by Gasteiger charge is 2.42. The van der Waals surface area contributed by atoms with Crippen molar-refractivity contribution in [2.75, 3.05) is 7.11 Å². The van der Waals surface area contributed by atoms with Gasteiger partial charge >= 0.3 is 5.97 Å². The van der Waals surface area contributed by atoms with Gasteiger partial charge in [0.15, 0.2) is 0 Å². The van der Waals surface area contributed by atoms with Crippen molar-refractivity contribution in [3.63, 3.8) is 0 Å². The first-order chi connectivity index (χ1) is 13.3. The molecule has 0 spiro atoms. The number of benzene rings is 2. The van der Waals surface area contributed by atoms with E-state index in [1.807, 2.05) is 26.0 Å². The number of hydrogen-bond donors (Lipinski definition) is 0. The number of fused-ring (bicyclic) bond motifs is 2. The first-order valence-corrected chi connectivity index (χ1v) is 11.2. The third-order valence-corrected chi connectivity index (χ3v) is 7.31. The molecule has 1 aliphatic heterocycles. The van der Waals surface area contributed by atoms with Gasteiger partial charge in [0.1, 0.15) is 22.4 Å². The number of para-hydroxylation sites is 1. The number of esters is 1. The molecule has 0 N–H and O–H groups in total. The Kier molecular flexibility index (Phi) is 6.12. The normalized spacial score (nSPS) is 17.9. The van der Waals surface area contributed by atoms with E-state index in [0.717, 1.165) is 0 Å². The number of halogens is 1. The van der Waals surface area contributed by atoms with Crippen LogP contribution < -0.4 is 4.74 Å². The van der Waals surface area contributed by atoms with Crippen LogP contribution in [0.15, 0.2) is 51.8 Å². The third-order valence-electron chi connectivity index (χ3n) is 4.95. The van der Waals surface area contributed by atoms with Gasteiger partial charge in [0.25, 0.3) is 0 Å². The fraction of sp³-hybridized carbons (Fsp3) is 0.350. The van der Waals surface area contributed by atoms with Crippen LogP contribution in [0.5, 0.6) is 11.5 Å². The van der Waals surface area contributed by atoms with Crippen LogP contribution in [0.4, 0.5) is 0 Å². The molecule has 150 valence electrons. The summed E-state index contributed by atoms with van der Waals surface area (Å²) in [5.41, 5.74) is 0.675. The minimum absolute atomic E-state index is 0.0120. The number of sulfonamides is 1. The van der Waals surface area contributed by atoms with E-state index in [9.17, 15) is 13.2 Å². The summed E-state index contributed by atoms with van der Waals surface area (Å²) in [7, 11) is -2.75. The van der Waals surface area contributed by atoms with Gasteiger partial charge in [0.05, 0.1) is 7.11 Å². The zero-order valence-corrected chi connectivity index (χ0v) is 18.3. The molecule has 1 heterocycles. The van der Waals surface area contributed by atoms with Crippen molar-refractivity contribution >= 4 is 31.9 Å². The Bertz CT molecular complexity index is 992. The molecule has 0 saturated carbocycles. The minimum Gasteiger partial charge on any atom is -0.468 e. The number of hydrogen-bond acceptors (Lipinski definition) is 5. The number of carbonyl (C=O) groups is 1. The maximum atomic E-state index is 13.6. The number of methoxy groups -OCH3 is 1. The SMILES string of the molecule is CC[C@H](C)[C@@H](C(=O)OC)N1Cc2ccccc2Oc2cc(Br)ccc2S1(=O)=O. The summed E-state index contributed by atoms with van der Waals surface area (Å²) in [4.78, 5) is 12.6. The Morgan fingerprint density at radius 2 is 1.96 bits per heavy atom. The smallest absolute Gasteiger partial charge is 0.324 e. The average molecular weight is 468 g/mol. The average Bonchev–Trinajstić information content (AvgIpc) is 2.67. The van der Waals surface area contributed by atoms with Gasteiger partial charge in [0, 0.05) is 16.6 Å². The van der Waals surface area contributed by atoms with Crippen LogP contribution in [0.2, 0.25) is 0 Å².